The summed E-state index contributed by atoms with van der Waals surface area (Å²) in [4.78, 5) is 13.7. The first-order valence-electron chi connectivity index (χ1n) is 6.14. The third kappa shape index (κ3) is 3.20. The van der Waals surface area contributed by atoms with E-state index >= 15 is 0 Å². The molecular formula is C14H17N3O2. The van der Waals surface area contributed by atoms with Crippen LogP contribution in [0.25, 0.3) is 11.3 Å². The topological polar surface area (TPSA) is 58.4 Å². The molecule has 1 aromatic carbocycles. The van der Waals surface area contributed by atoms with E-state index in [0.29, 0.717) is 18.0 Å². The Kier molecular flexibility index (Phi) is 4.30. The molecule has 2 rings (SSSR count). The lowest BCUT2D eigenvalue weighted by Gasteiger charge is -2.14. The number of nitrogens with zero attached hydrogens (tertiary/aromatic N) is 2. The summed E-state index contributed by atoms with van der Waals surface area (Å²) in [5.41, 5.74) is 1.24. The molecule has 5 nitrogen and oxygen atoms in total. The van der Waals surface area contributed by atoms with Crippen LogP contribution >= 0.6 is 0 Å². The maximum absolute atomic E-state index is 12.1. The van der Waals surface area contributed by atoms with Gasteiger partial charge in [0.05, 0.1) is 0 Å². The van der Waals surface area contributed by atoms with Crippen LogP contribution in [0.5, 0.6) is 0 Å². The number of carbonyl (C=O) groups is 1. The zero-order valence-electron chi connectivity index (χ0n) is 11.1. The lowest BCUT2D eigenvalue weighted by molar-refractivity contribution is 0.0786. The molecule has 0 fully saturated rings. The zero-order chi connectivity index (χ0) is 13.7. The van der Waals surface area contributed by atoms with E-state index in [1.807, 2.05) is 37.4 Å². The molecule has 0 radical (unpaired) electrons. The number of hydrogen-bond acceptors (Lipinski definition) is 4. The molecule has 100 valence electrons. The number of aromatic nitrogens is 1. The molecule has 0 saturated carbocycles. The number of rotatable bonds is 5. The monoisotopic (exact) mass is 259 g/mol. The molecule has 0 aliphatic carbocycles. The fraction of sp³-hybridized carbons (Fsp3) is 0.286. The standard InChI is InChI=1S/C14H17N3O2/c1-15-8-9-17(2)14(18)12-10-13(19-16-12)11-6-4-3-5-7-11/h3-7,10,15H,8-9H2,1-2H3. The molecule has 0 unspecified atom stereocenters. The van der Waals surface area contributed by atoms with Gasteiger partial charge in [-0.15, -0.1) is 0 Å². The Morgan fingerprint density at radius 2 is 2.11 bits per heavy atom. The van der Waals surface area contributed by atoms with Crippen molar-refractivity contribution in [2.75, 3.05) is 27.2 Å². The Labute approximate surface area is 112 Å². The summed E-state index contributed by atoms with van der Waals surface area (Å²) in [7, 11) is 3.60. The average molecular weight is 259 g/mol. The van der Waals surface area contributed by atoms with Crippen LogP contribution in [0, 0.1) is 0 Å². The number of likely N-dealkylation sites (N-methyl/N-ethyl adjacent to an activating group) is 2. The predicted octanol–water partition coefficient (Wildman–Crippen LogP) is 1.63. The van der Waals surface area contributed by atoms with Crippen LogP contribution in [0.1, 0.15) is 10.5 Å². The van der Waals surface area contributed by atoms with Gasteiger partial charge in [0.1, 0.15) is 0 Å². The second-order valence-corrected chi connectivity index (χ2v) is 4.27. The Hall–Kier alpha value is -2.14. The molecule has 1 amide bonds. The highest BCUT2D eigenvalue weighted by atomic mass is 16.5. The SMILES string of the molecule is CNCCN(C)C(=O)c1cc(-c2ccccc2)on1. The van der Waals surface area contributed by atoms with Crippen molar-refractivity contribution in [1.82, 2.24) is 15.4 Å². The molecule has 0 spiro atoms. The summed E-state index contributed by atoms with van der Waals surface area (Å²) >= 11 is 0. The van der Waals surface area contributed by atoms with E-state index in [0.717, 1.165) is 12.1 Å². The first kappa shape index (κ1) is 13.3. The van der Waals surface area contributed by atoms with Gasteiger partial charge in [-0.3, -0.25) is 4.79 Å². The number of nitrogens with one attached hydrogen (secondary N) is 1. The van der Waals surface area contributed by atoms with Gasteiger partial charge in [-0.05, 0) is 7.05 Å². The van der Waals surface area contributed by atoms with Crippen LogP contribution in [0.2, 0.25) is 0 Å². The molecule has 19 heavy (non-hydrogen) atoms. The Bertz CT molecular complexity index is 537. The second kappa shape index (κ2) is 6.15. The van der Waals surface area contributed by atoms with Gasteiger partial charge >= 0.3 is 0 Å². The minimum atomic E-state index is -0.138. The fourth-order valence-electron chi connectivity index (χ4n) is 1.69. The molecule has 0 bridgehead atoms. The normalized spacial score (nSPS) is 10.4. The molecule has 1 aromatic heterocycles. The van der Waals surface area contributed by atoms with Crippen LogP contribution in [0.15, 0.2) is 40.9 Å². The lowest BCUT2D eigenvalue weighted by atomic mass is 10.1. The van der Waals surface area contributed by atoms with Crippen molar-refractivity contribution in [2.45, 2.75) is 0 Å². The highest BCUT2D eigenvalue weighted by Crippen LogP contribution is 2.20. The minimum Gasteiger partial charge on any atom is -0.355 e. The maximum atomic E-state index is 12.1. The van der Waals surface area contributed by atoms with Crippen molar-refractivity contribution in [3.63, 3.8) is 0 Å². The van der Waals surface area contributed by atoms with Gasteiger partial charge in [-0.25, -0.2) is 0 Å². The van der Waals surface area contributed by atoms with E-state index in [2.05, 4.69) is 10.5 Å². The molecular weight excluding hydrogens is 242 g/mol. The largest absolute Gasteiger partial charge is 0.355 e. The molecule has 0 atom stereocenters. The van der Waals surface area contributed by atoms with Crippen LogP contribution in [0.3, 0.4) is 0 Å². The summed E-state index contributed by atoms with van der Waals surface area (Å²) in [6, 6.07) is 11.3. The number of amides is 1. The predicted molar refractivity (Wildman–Crippen MR) is 72.8 cm³/mol. The second-order valence-electron chi connectivity index (χ2n) is 4.27. The van der Waals surface area contributed by atoms with Gasteiger partial charge in [-0.2, -0.15) is 0 Å². The zero-order valence-corrected chi connectivity index (χ0v) is 11.1. The van der Waals surface area contributed by atoms with Crippen molar-refractivity contribution >= 4 is 5.91 Å². The molecule has 1 heterocycles. The Morgan fingerprint density at radius 1 is 1.37 bits per heavy atom. The smallest absolute Gasteiger partial charge is 0.275 e. The van der Waals surface area contributed by atoms with Crippen LogP contribution in [0.4, 0.5) is 0 Å². The highest BCUT2D eigenvalue weighted by molar-refractivity contribution is 5.92. The van der Waals surface area contributed by atoms with Crippen molar-refractivity contribution < 1.29 is 9.32 Å². The summed E-state index contributed by atoms with van der Waals surface area (Å²) in [6.07, 6.45) is 0. The summed E-state index contributed by atoms with van der Waals surface area (Å²) in [5, 5.41) is 6.83. The van der Waals surface area contributed by atoms with E-state index in [1.54, 1.807) is 18.0 Å². The van der Waals surface area contributed by atoms with E-state index < -0.39 is 0 Å². The maximum Gasteiger partial charge on any atom is 0.275 e. The molecule has 2 aromatic rings. The van der Waals surface area contributed by atoms with Gasteiger partial charge in [0.15, 0.2) is 11.5 Å². The third-order valence-electron chi connectivity index (χ3n) is 2.83. The Balaban J connectivity index is 2.11. The van der Waals surface area contributed by atoms with Crippen molar-refractivity contribution in [2.24, 2.45) is 0 Å². The van der Waals surface area contributed by atoms with E-state index in [9.17, 15) is 4.79 Å². The van der Waals surface area contributed by atoms with Crippen LogP contribution in [-0.4, -0.2) is 43.1 Å². The summed E-state index contributed by atoms with van der Waals surface area (Å²) in [5.74, 6) is 0.465. The van der Waals surface area contributed by atoms with Gasteiger partial charge in [0, 0.05) is 31.8 Å². The van der Waals surface area contributed by atoms with Gasteiger partial charge in [-0.1, -0.05) is 35.5 Å². The van der Waals surface area contributed by atoms with E-state index in [1.165, 1.54) is 0 Å². The van der Waals surface area contributed by atoms with Gasteiger partial charge < -0.3 is 14.7 Å². The minimum absolute atomic E-state index is 0.138. The van der Waals surface area contributed by atoms with Crippen LogP contribution < -0.4 is 5.32 Å². The number of benzene rings is 1. The van der Waals surface area contributed by atoms with Crippen molar-refractivity contribution in [3.05, 3.63) is 42.1 Å². The van der Waals surface area contributed by atoms with Gasteiger partial charge in [0.25, 0.3) is 5.91 Å². The quantitative estimate of drug-likeness (QED) is 0.886. The Morgan fingerprint density at radius 3 is 2.79 bits per heavy atom. The summed E-state index contributed by atoms with van der Waals surface area (Å²) < 4.78 is 5.21. The lowest BCUT2D eigenvalue weighted by Crippen LogP contribution is -2.32. The fourth-order valence-corrected chi connectivity index (χ4v) is 1.69. The summed E-state index contributed by atoms with van der Waals surface area (Å²) in [6.45, 7) is 1.37. The van der Waals surface area contributed by atoms with E-state index in [4.69, 9.17) is 4.52 Å². The molecule has 0 aliphatic heterocycles. The number of carbonyl (C=O) groups excluding carboxylic acids is 1. The molecule has 5 heteroatoms. The first-order valence-corrected chi connectivity index (χ1v) is 6.14. The molecule has 0 saturated heterocycles. The van der Waals surface area contributed by atoms with E-state index in [-0.39, 0.29) is 5.91 Å². The van der Waals surface area contributed by atoms with Crippen LogP contribution in [-0.2, 0) is 0 Å². The third-order valence-corrected chi connectivity index (χ3v) is 2.83. The molecule has 1 N–H and O–H groups in total. The van der Waals surface area contributed by atoms with Crippen molar-refractivity contribution in [1.29, 1.82) is 0 Å². The molecule has 0 aliphatic rings. The first-order chi connectivity index (χ1) is 9.22. The highest BCUT2D eigenvalue weighted by Gasteiger charge is 2.16. The van der Waals surface area contributed by atoms with Crippen molar-refractivity contribution in [3.8, 4) is 11.3 Å². The number of hydrogen-bond donors (Lipinski definition) is 1. The van der Waals surface area contributed by atoms with Gasteiger partial charge in [0.2, 0.25) is 0 Å². The average Bonchev–Trinajstić information content (AvgIpc) is 2.94.